The second-order valence-corrected chi connectivity index (χ2v) is 3.70. The number of benzene rings is 1. The Hall–Kier alpha value is -0.580. The van der Waals surface area contributed by atoms with Gasteiger partial charge in [0.2, 0.25) is 0 Å². The lowest BCUT2D eigenvalue weighted by molar-refractivity contribution is -0.0497. The third-order valence-electron chi connectivity index (χ3n) is 1.68. The van der Waals surface area contributed by atoms with E-state index in [0.29, 0.717) is 0 Å². The van der Waals surface area contributed by atoms with E-state index in [0.717, 1.165) is 6.07 Å². The Labute approximate surface area is 105 Å². The summed E-state index contributed by atoms with van der Waals surface area (Å²) in [5, 5.41) is -0.386. The Morgan fingerprint density at radius 2 is 1.94 bits per heavy atom. The zero-order valence-electron chi connectivity index (χ0n) is 7.65. The van der Waals surface area contributed by atoms with Gasteiger partial charge in [0.25, 0.3) is 0 Å². The van der Waals surface area contributed by atoms with Gasteiger partial charge in [0.1, 0.15) is 10.8 Å². The molecule has 0 aromatic heterocycles. The molecule has 0 saturated heterocycles. The number of ketones is 1. The predicted molar refractivity (Wildman–Crippen MR) is 58.1 cm³/mol. The summed E-state index contributed by atoms with van der Waals surface area (Å²) in [5.41, 5.74) is 0.0725. The average Bonchev–Trinajstić information content (AvgIpc) is 2.23. The highest BCUT2D eigenvalue weighted by atomic mass is 35.5. The van der Waals surface area contributed by atoms with Gasteiger partial charge in [-0.05, 0) is 12.1 Å². The molecule has 0 aliphatic rings. The smallest absolute Gasteiger partial charge is 0.387 e. The molecule has 0 saturated carbocycles. The first-order valence-electron chi connectivity index (χ1n) is 3.99. The summed E-state index contributed by atoms with van der Waals surface area (Å²) in [4.78, 5) is 11.3. The fourth-order valence-corrected chi connectivity index (χ4v) is 1.62. The Morgan fingerprint density at radius 1 is 1.31 bits per heavy atom. The van der Waals surface area contributed by atoms with Gasteiger partial charge in [-0.15, -0.1) is 11.6 Å². The third-order valence-corrected chi connectivity index (χ3v) is 2.79. The quantitative estimate of drug-likeness (QED) is 0.618. The Bertz CT molecular complexity index is 410. The lowest BCUT2D eigenvalue weighted by Gasteiger charge is -2.09. The van der Waals surface area contributed by atoms with Crippen molar-refractivity contribution in [1.29, 1.82) is 0 Å². The number of Topliss-reactive ketones (excluding diaryl/α,β-unsaturated/α-hetero) is 1. The molecule has 0 N–H and O–H groups in total. The first-order valence-corrected chi connectivity index (χ1v) is 5.28. The molecule has 0 heterocycles. The molecule has 0 unspecified atom stereocenters. The van der Waals surface area contributed by atoms with Crippen LogP contribution in [0.1, 0.15) is 10.4 Å². The van der Waals surface area contributed by atoms with Gasteiger partial charge < -0.3 is 4.74 Å². The summed E-state index contributed by atoms with van der Waals surface area (Å²) < 4.78 is 28.0. The van der Waals surface area contributed by atoms with Crippen molar-refractivity contribution in [1.82, 2.24) is 0 Å². The van der Waals surface area contributed by atoms with E-state index < -0.39 is 12.4 Å². The van der Waals surface area contributed by atoms with Gasteiger partial charge in [-0.25, -0.2) is 0 Å². The molecule has 1 rings (SSSR count). The minimum atomic E-state index is -3.01. The molecule has 1 aromatic carbocycles. The van der Waals surface area contributed by atoms with Gasteiger partial charge >= 0.3 is 6.61 Å². The van der Waals surface area contributed by atoms with Crippen LogP contribution >= 0.6 is 34.8 Å². The second-order valence-electron chi connectivity index (χ2n) is 2.67. The van der Waals surface area contributed by atoms with E-state index in [2.05, 4.69) is 4.74 Å². The van der Waals surface area contributed by atoms with Crippen molar-refractivity contribution >= 4 is 40.6 Å². The monoisotopic (exact) mass is 288 g/mol. The minimum absolute atomic E-state index is 0.0725. The molecule has 88 valence electrons. The van der Waals surface area contributed by atoms with Crippen molar-refractivity contribution in [3.63, 3.8) is 0 Å². The largest absolute Gasteiger partial charge is 0.433 e. The Kier molecular flexibility index (Phi) is 4.77. The van der Waals surface area contributed by atoms with Crippen LogP contribution in [-0.4, -0.2) is 18.3 Å². The second kappa shape index (κ2) is 5.66. The van der Waals surface area contributed by atoms with E-state index in [9.17, 15) is 13.6 Å². The summed E-state index contributed by atoms with van der Waals surface area (Å²) in [5.74, 6) is -1.00. The topological polar surface area (TPSA) is 26.3 Å². The van der Waals surface area contributed by atoms with Gasteiger partial charge in [-0.3, -0.25) is 4.79 Å². The van der Waals surface area contributed by atoms with E-state index in [1.807, 2.05) is 0 Å². The molecule has 0 aliphatic carbocycles. The number of carbonyl (C=O) groups excluding carboxylic acids is 1. The number of rotatable bonds is 4. The first kappa shape index (κ1) is 13.5. The lowest BCUT2D eigenvalue weighted by atomic mass is 10.1. The molecule has 0 atom stereocenters. The molecule has 0 spiro atoms. The fraction of sp³-hybridized carbons (Fsp3) is 0.222. The zero-order valence-corrected chi connectivity index (χ0v) is 9.91. The standard InChI is InChI=1S/C9H5Cl3F2O2/c10-3-5(15)4-1-2-6(16-9(13)14)8(12)7(4)11/h1-2,9H,3H2. The Morgan fingerprint density at radius 3 is 2.44 bits per heavy atom. The van der Waals surface area contributed by atoms with Gasteiger partial charge in [0, 0.05) is 5.56 Å². The zero-order chi connectivity index (χ0) is 12.3. The molecule has 7 heteroatoms. The Balaban J connectivity index is 3.13. The van der Waals surface area contributed by atoms with Crippen LogP contribution in [0.3, 0.4) is 0 Å². The van der Waals surface area contributed by atoms with Crippen molar-refractivity contribution in [3.8, 4) is 5.75 Å². The van der Waals surface area contributed by atoms with Crippen LogP contribution in [-0.2, 0) is 0 Å². The molecule has 16 heavy (non-hydrogen) atoms. The van der Waals surface area contributed by atoms with Crippen molar-refractivity contribution in [2.45, 2.75) is 6.61 Å². The van der Waals surface area contributed by atoms with Crippen molar-refractivity contribution in [2.75, 3.05) is 5.88 Å². The van der Waals surface area contributed by atoms with Gasteiger partial charge in [0.15, 0.2) is 5.78 Å². The molecule has 0 bridgehead atoms. The van der Waals surface area contributed by atoms with Crippen molar-refractivity contribution in [2.24, 2.45) is 0 Å². The van der Waals surface area contributed by atoms with Crippen LogP contribution in [0.2, 0.25) is 10.0 Å². The van der Waals surface area contributed by atoms with Gasteiger partial charge in [0.05, 0.1) is 10.9 Å². The predicted octanol–water partition coefficient (Wildman–Crippen LogP) is 4.02. The number of carbonyl (C=O) groups is 1. The number of halogens is 5. The summed E-state index contributed by atoms with van der Waals surface area (Å²) in [6, 6.07) is 2.37. The van der Waals surface area contributed by atoms with Crippen LogP contribution < -0.4 is 4.74 Å². The van der Waals surface area contributed by atoms with Crippen LogP contribution in [0.5, 0.6) is 5.75 Å². The first-order chi connectivity index (χ1) is 7.47. The number of hydrogen-bond acceptors (Lipinski definition) is 2. The van der Waals surface area contributed by atoms with E-state index in [1.165, 1.54) is 6.07 Å². The maximum atomic E-state index is 11.9. The molecule has 0 amide bonds. The van der Waals surface area contributed by atoms with Crippen LogP contribution in [0, 0.1) is 0 Å². The fourth-order valence-electron chi connectivity index (χ4n) is 1.01. The summed E-state index contributed by atoms with van der Waals surface area (Å²) in [6.45, 7) is -3.01. The van der Waals surface area contributed by atoms with Crippen molar-refractivity contribution < 1.29 is 18.3 Å². The molecular formula is C9H5Cl3F2O2. The molecule has 0 radical (unpaired) electrons. The molecule has 1 aromatic rings. The number of ether oxygens (including phenoxy) is 1. The van der Waals surface area contributed by atoms with E-state index in [1.54, 1.807) is 0 Å². The van der Waals surface area contributed by atoms with Crippen LogP contribution in [0.15, 0.2) is 12.1 Å². The highest BCUT2D eigenvalue weighted by Crippen LogP contribution is 2.35. The third kappa shape index (κ3) is 2.97. The lowest BCUT2D eigenvalue weighted by Crippen LogP contribution is -2.05. The van der Waals surface area contributed by atoms with E-state index in [4.69, 9.17) is 34.8 Å². The minimum Gasteiger partial charge on any atom is -0.433 e. The summed E-state index contributed by atoms with van der Waals surface area (Å²) >= 11 is 16.7. The summed E-state index contributed by atoms with van der Waals surface area (Å²) in [6.07, 6.45) is 0. The molecule has 2 nitrogen and oxygen atoms in total. The van der Waals surface area contributed by atoms with E-state index in [-0.39, 0.29) is 27.2 Å². The maximum absolute atomic E-state index is 11.9. The molecule has 0 fully saturated rings. The van der Waals surface area contributed by atoms with E-state index >= 15 is 0 Å². The van der Waals surface area contributed by atoms with Crippen LogP contribution in [0.4, 0.5) is 8.78 Å². The highest BCUT2D eigenvalue weighted by molar-refractivity contribution is 6.45. The van der Waals surface area contributed by atoms with Gasteiger partial charge in [-0.1, -0.05) is 23.2 Å². The average molecular weight is 289 g/mol. The number of hydrogen-bond donors (Lipinski definition) is 0. The highest BCUT2D eigenvalue weighted by Gasteiger charge is 2.17. The van der Waals surface area contributed by atoms with Crippen molar-refractivity contribution in [3.05, 3.63) is 27.7 Å². The SMILES string of the molecule is O=C(CCl)c1ccc(OC(F)F)c(Cl)c1Cl. The molecule has 0 aliphatic heterocycles. The maximum Gasteiger partial charge on any atom is 0.387 e. The normalized spacial score (nSPS) is 10.6. The van der Waals surface area contributed by atoms with Gasteiger partial charge in [-0.2, -0.15) is 8.78 Å². The number of alkyl halides is 3. The van der Waals surface area contributed by atoms with Crippen LogP contribution in [0.25, 0.3) is 0 Å². The molecular weight excluding hydrogens is 284 g/mol. The summed E-state index contributed by atoms with van der Waals surface area (Å²) in [7, 11) is 0.